The quantitative estimate of drug-likeness (QED) is 0.769. The summed E-state index contributed by atoms with van der Waals surface area (Å²) in [6, 6.07) is 10.1. The second kappa shape index (κ2) is 8.12. The Morgan fingerprint density at radius 3 is 2.72 bits per heavy atom. The Hall–Kier alpha value is -2.45. The van der Waals surface area contributed by atoms with Crippen LogP contribution in [0.2, 0.25) is 0 Å². The molecule has 2 atom stereocenters. The average Bonchev–Trinajstić information content (AvgIpc) is 2.98. The monoisotopic (exact) mass is 415 g/mol. The van der Waals surface area contributed by atoms with Crippen molar-refractivity contribution in [3.8, 4) is 5.75 Å². The van der Waals surface area contributed by atoms with Crippen molar-refractivity contribution in [2.75, 3.05) is 13.1 Å². The van der Waals surface area contributed by atoms with E-state index in [-0.39, 0.29) is 29.5 Å². The van der Waals surface area contributed by atoms with Crippen LogP contribution in [0.3, 0.4) is 0 Å². The van der Waals surface area contributed by atoms with Crippen molar-refractivity contribution in [2.24, 2.45) is 0 Å². The van der Waals surface area contributed by atoms with E-state index in [2.05, 4.69) is 4.98 Å². The molecule has 4 rings (SSSR count). The predicted octanol–water partition coefficient (Wildman–Crippen LogP) is 2.43. The normalized spacial score (nSPS) is 23.8. The maximum absolute atomic E-state index is 13.6. The fourth-order valence-electron chi connectivity index (χ4n) is 4.10. The number of sulfonamides is 1. The summed E-state index contributed by atoms with van der Waals surface area (Å²) >= 11 is 0. The Balaban J connectivity index is 1.75. The molecule has 2 aliphatic rings. The van der Waals surface area contributed by atoms with E-state index in [9.17, 15) is 13.2 Å². The van der Waals surface area contributed by atoms with Gasteiger partial charge in [0.1, 0.15) is 16.7 Å². The third kappa shape index (κ3) is 3.86. The number of hydrogen-bond acceptors (Lipinski definition) is 5. The molecule has 2 aromatic rings. The number of benzene rings is 1. The number of nitrogens with zero attached hydrogens (tertiary/aromatic N) is 3. The predicted molar refractivity (Wildman–Crippen MR) is 108 cm³/mol. The Morgan fingerprint density at radius 1 is 1.17 bits per heavy atom. The van der Waals surface area contributed by atoms with E-state index >= 15 is 0 Å². The van der Waals surface area contributed by atoms with Crippen molar-refractivity contribution in [1.82, 2.24) is 14.2 Å². The first kappa shape index (κ1) is 19.8. The highest BCUT2D eigenvalue weighted by atomic mass is 32.2. The summed E-state index contributed by atoms with van der Waals surface area (Å²) in [4.78, 5) is 18.4. The SMILES string of the molecule is CCC(=O)N1CC[C@@H]2[C@@H](CC1)Oc1ccccc1S(=O)(=O)N2Cc1cccnc1. The number of hydrogen-bond donors (Lipinski definition) is 0. The molecule has 1 aromatic heterocycles. The minimum Gasteiger partial charge on any atom is -0.487 e. The van der Waals surface area contributed by atoms with E-state index in [0.717, 1.165) is 5.56 Å². The van der Waals surface area contributed by atoms with Gasteiger partial charge in [-0.05, 0) is 30.2 Å². The molecule has 3 heterocycles. The number of carbonyl (C=O) groups excluding carboxylic acids is 1. The molecule has 1 amide bonds. The molecule has 154 valence electrons. The Labute approximate surface area is 171 Å². The third-order valence-electron chi connectivity index (χ3n) is 5.61. The molecule has 0 radical (unpaired) electrons. The van der Waals surface area contributed by atoms with Crippen molar-refractivity contribution in [2.45, 2.75) is 49.8 Å². The molecule has 0 N–H and O–H groups in total. The molecule has 0 aliphatic carbocycles. The largest absolute Gasteiger partial charge is 0.487 e. The third-order valence-corrected chi connectivity index (χ3v) is 7.52. The summed E-state index contributed by atoms with van der Waals surface area (Å²) in [5, 5.41) is 0. The second-order valence-corrected chi connectivity index (χ2v) is 9.25. The minimum atomic E-state index is -3.77. The molecular formula is C21H25N3O4S. The topological polar surface area (TPSA) is 79.8 Å². The van der Waals surface area contributed by atoms with E-state index in [4.69, 9.17) is 4.74 Å². The van der Waals surface area contributed by atoms with Crippen LogP contribution in [0.1, 0.15) is 31.7 Å². The summed E-state index contributed by atoms with van der Waals surface area (Å²) in [6.45, 7) is 3.15. The first-order valence-electron chi connectivity index (χ1n) is 9.95. The van der Waals surface area contributed by atoms with Gasteiger partial charge in [0.2, 0.25) is 15.9 Å². The smallest absolute Gasteiger partial charge is 0.247 e. The number of aromatic nitrogens is 1. The van der Waals surface area contributed by atoms with E-state index < -0.39 is 10.0 Å². The fraction of sp³-hybridized carbons (Fsp3) is 0.429. The van der Waals surface area contributed by atoms with Crippen molar-refractivity contribution < 1.29 is 17.9 Å². The number of rotatable bonds is 3. The Bertz CT molecular complexity index is 980. The zero-order valence-electron chi connectivity index (χ0n) is 16.4. The highest BCUT2D eigenvalue weighted by Gasteiger charge is 2.43. The van der Waals surface area contributed by atoms with E-state index in [1.54, 1.807) is 47.0 Å². The van der Waals surface area contributed by atoms with Crippen molar-refractivity contribution in [1.29, 1.82) is 0 Å². The van der Waals surface area contributed by atoms with Gasteiger partial charge in [-0.2, -0.15) is 4.31 Å². The van der Waals surface area contributed by atoms with Gasteiger partial charge in [-0.25, -0.2) is 8.42 Å². The van der Waals surface area contributed by atoms with Gasteiger partial charge in [0.05, 0.1) is 6.04 Å². The summed E-state index contributed by atoms with van der Waals surface area (Å²) in [5.74, 6) is 0.468. The maximum Gasteiger partial charge on any atom is 0.247 e. The van der Waals surface area contributed by atoms with Gasteiger partial charge in [0.25, 0.3) is 0 Å². The lowest BCUT2D eigenvalue weighted by atomic mass is 10.1. The summed E-state index contributed by atoms with van der Waals surface area (Å²) in [5.41, 5.74) is 0.819. The molecular weight excluding hydrogens is 390 g/mol. The van der Waals surface area contributed by atoms with Crippen molar-refractivity contribution in [3.05, 3.63) is 54.4 Å². The van der Waals surface area contributed by atoms with Gasteiger partial charge < -0.3 is 9.64 Å². The van der Waals surface area contributed by atoms with Crippen LogP contribution in [0.4, 0.5) is 0 Å². The Kier molecular flexibility index (Phi) is 5.56. The fourth-order valence-corrected chi connectivity index (χ4v) is 5.89. The molecule has 1 aromatic carbocycles. The van der Waals surface area contributed by atoms with Crippen molar-refractivity contribution >= 4 is 15.9 Å². The molecule has 8 heteroatoms. The lowest BCUT2D eigenvalue weighted by molar-refractivity contribution is -0.130. The van der Waals surface area contributed by atoms with Crippen LogP contribution >= 0.6 is 0 Å². The molecule has 29 heavy (non-hydrogen) atoms. The van der Waals surface area contributed by atoms with Crippen LogP contribution in [0.5, 0.6) is 5.75 Å². The lowest BCUT2D eigenvalue weighted by Gasteiger charge is -2.31. The molecule has 7 nitrogen and oxygen atoms in total. The van der Waals surface area contributed by atoms with E-state index in [0.29, 0.717) is 38.1 Å². The van der Waals surface area contributed by atoms with Crippen LogP contribution in [-0.2, 0) is 21.4 Å². The molecule has 2 aliphatic heterocycles. The summed E-state index contributed by atoms with van der Waals surface area (Å²) < 4.78 is 35.0. The van der Waals surface area contributed by atoms with Crippen LogP contribution in [0, 0.1) is 0 Å². The first-order valence-corrected chi connectivity index (χ1v) is 11.4. The molecule has 0 saturated carbocycles. The van der Waals surface area contributed by atoms with Gasteiger partial charge in [0.15, 0.2) is 0 Å². The maximum atomic E-state index is 13.6. The molecule has 1 fully saturated rings. The van der Waals surface area contributed by atoms with Crippen LogP contribution in [-0.4, -0.2) is 53.7 Å². The number of amides is 1. The van der Waals surface area contributed by atoms with Gasteiger partial charge in [0, 0.05) is 44.9 Å². The summed E-state index contributed by atoms with van der Waals surface area (Å²) in [7, 11) is -3.77. The zero-order chi connectivity index (χ0) is 20.4. The van der Waals surface area contributed by atoms with Gasteiger partial charge >= 0.3 is 0 Å². The van der Waals surface area contributed by atoms with Crippen LogP contribution in [0.15, 0.2) is 53.7 Å². The number of likely N-dealkylation sites (tertiary alicyclic amines) is 1. The lowest BCUT2D eigenvalue weighted by Crippen LogP contribution is -2.46. The van der Waals surface area contributed by atoms with Gasteiger partial charge in [-0.3, -0.25) is 9.78 Å². The Morgan fingerprint density at radius 2 is 1.97 bits per heavy atom. The molecule has 1 saturated heterocycles. The molecule has 0 spiro atoms. The zero-order valence-corrected chi connectivity index (χ0v) is 17.2. The minimum absolute atomic E-state index is 0.0866. The van der Waals surface area contributed by atoms with E-state index in [1.165, 1.54) is 0 Å². The number of carbonyl (C=O) groups is 1. The second-order valence-electron chi connectivity index (χ2n) is 7.39. The molecule has 0 unspecified atom stereocenters. The van der Waals surface area contributed by atoms with Crippen LogP contribution in [0.25, 0.3) is 0 Å². The standard InChI is InChI=1S/C21H25N3O4S/c1-2-21(25)23-12-9-17-18(10-13-23)28-19-7-3-4-8-20(19)29(26,27)24(17)15-16-6-5-11-22-14-16/h3-8,11,14,17-18H,2,9-10,12-13,15H2,1H3/t17-,18-/m1/s1. The number of para-hydroxylation sites is 1. The number of fused-ring (bicyclic) bond motifs is 2. The van der Waals surface area contributed by atoms with Crippen LogP contribution < -0.4 is 4.74 Å². The average molecular weight is 416 g/mol. The highest BCUT2D eigenvalue weighted by molar-refractivity contribution is 7.89. The highest BCUT2D eigenvalue weighted by Crippen LogP contribution is 2.37. The number of pyridine rings is 1. The first-order chi connectivity index (χ1) is 14.0. The molecule has 0 bridgehead atoms. The van der Waals surface area contributed by atoms with Gasteiger partial charge in [-0.1, -0.05) is 25.1 Å². The van der Waals surface area contributed by atoms with Gasteiger partial charge in [-0.15, -0.1) is 0 Å². The van der Waals surface area contributed by atoms with E-state index in [1.807, 2.05) is 17.9 Å². The summed E-state index contributed by atoms with van der Waals surface area (Å²) in [6.07, 6.45) is 4.59. The number of ether oxygens (including phenoxy) is 1. The van der Waals surface area contributed by atoms with Crippen molar-refractivity contribution in [3.63, 3.8) is 0 Å².